The first kappa shape index (κ1) is 13.2. The SMILES string of the molecule is C=C(CC(=O)O)O[Si](C)(C)C(C)(C)C. The predicted molar refractivity (Wildman–Crippen MR) is 59.7 cm³/mol. The molecule has 4 heteroatoms. The van der Waals surface area contributed by atoms with E-state index in [1.54, 1.807) is 0 Å². The molecule has 0 heterocycles. The van der Waals surface area contributed by atoms with Crippen molar-refractivity contribution in [2.24, 2.45) is 0 Å². The molecule has 0 aromatic carbocycles. The molecule has 0 aromatic rings. The summed E-state index contributed by atoms with van der Waals surface area (Å²) in [6.07, 6.45) is -0.105. The number of hydrogen-bond acceptors (Lipinski definition) is 2. The molecule has 0 saturated heterocycles. The second-order valence-corrected chi connectivity index (χ2v) is 9.70. The lowest BCUT2D eigenvalue weighted by Crippen LogP contribution is -2.40. The standard InChI is InChI=1S/C10H20O3Si/c1-8(7-9(11)12)13-14(5,6)10(2,3)4/h1,7H2,2-6H3,(H,11,12). The Labute approximate surface area is 86.9 Å². The Morgan fingerprint density at radius 1 is 1.43 bits per heavy atom. The molecule has 0 fully saturated rings. The van der Waals surface area contributed by atoms with Gasteiger partial charge in [0.25, 0.3) is 0 Å². The van der Waals surface area contributed by atoms with Gasteiger partial charge >= 0.3 is 5.97 Å². The molecule has 0 saturated carbocycles. The van der Waals surface area contributed by atoms with Crippen molar-refractivity contribution in [2.75, 3.05) is 0 Å². The highest BCUT2D eigenvalue weighted by molar-refractivity contribution is 6.74. The third-order valence-electron chi connectivity index (χ3n) is 2.55. The fraction of sp³-hybridized carbons (Fsp3) is 0.700. The summed E-state index contributed by atoms with van der Waals surface area (Å²) in [4.78, 5) is 10.4. The molecule has 82 valence electrons. The fourth-order valence-corrected chi connectivity index (χ4v) is 1.82. The van der Waals surface area contributed by atoms with Crippen molar-refractivity contribution in [1.82, 2.24) is 0 Å². The van der Waals surface area contributed by atoms with Crippen molar-refractivity contribution in [1.29, 1.82) is 0 Å². The lowest BCUT2D eigenvalue weighted by Gasteiger charge is -2.36. The van der Waals surface area contributed by atoms with Gasteiger partial charge in [0.05, 0.1) is 5.76 Å². The van der Waals surface area contributed by atoms with Crippen molar-refractivity contribution < 1.29 is 14.3 Å². The molecular weight excluding hydrogens is 196 g/mol. The maximum atomic E-state index is 10.4. The van der Waals surface area contributed by atoms with Crippen LogP contribution in [-0.2, 0) is 9.22 Å². The molecule has 0 amide bonds. The highest BCUT2D eigenvalue weighted by Gasteiger charge is 2.39. The van der Waals surface area contributed by atoms with Crippen LogP contribution in [0.3, 0.4) is 0 Å². The molecule has 0 aliphatic carbocycles. The van der Waals surface area contributed by atoms with Crippen molar-refractivity contribution in [2.45, 2.75) is 45.3 Å². The van der Waals surface area contributed by atoms with E-state index in [1.165, 1.54) is 0 Å². The van der Waals surface area contributed by atoms with E-state index in [4.69, 9.17) is 9.53 Å². The van der Waals surface area contributed by atoms with Gasteiger partial charge in [-0.2, -0.15) is 0 Å². The predicted octanol–water partition coefficient (Wildman–Crippen LogP) is 3.00. The first-order valence-electron chi connectivity index (χ1n) is 4.65. The zero-order valence-corrected chi connectivity index (χ0v) is 10.7. The highest BCUT2D eigenvalue weighted by Crippen LogP contribution is 2.37. The Bertz CT molecular complexity index is 238. The Hall–Kier alpha value is -0.773. The van der Waals surface area contributed by atoms with Crippen LogP contribution in [0, 0.1) is 0 Å². The number of carbonyl (C=O) groups is 1. The first-order valence-corrected chi connectivity index (χ1v) is 7.55. The molecular formula is C10H20O3Si. The monoisotopic (exact) mass is 216 g/mol. The van der Waals surface area contributed by atoms with E-state index in [1.807, 2.05) is 0 Å². The molecule has 0 bridgehead atoms. The van der Waals surface area contributed by atoms with Gasteiger partial charge in [-0.05, 0) is 18.1 Å². The normalized spacial score (nSPS) is 12.4. The van der Waals surface area contributed by atoms with Crippen LogP contribution in [0.25, 0.3) is 0 Å². The van der Waals surface area contributed by atoms with Crippen LogP contribution in [-0.4, -0.2) is 19.4 Å². The quantitative estimate of drug-likeness (QED) is 0.580. The first-order chi connectivity index (χ1) is 6.06. The van der Waals surface area contributed by atoms with Crippen molar-refractivity contribution in [3.8, 4) is 0 Å². The number of aliphatic carboxylic acids is 1. The van der Waals surface area contributed by atoms with E-state index in [0.29, 0.717) is 5.76 Å². The summed E-state index contributed by atoms with van der Waals surface area (Å²) in [7, 11) is -1.90. The molecule has 0 aliphatic rings. The molecule has 0 radical (unpaired) electrons. The zero-order chi connectivity index (χ0) is 11.6. The Morgan fingerprint density at radius 2 is 1.86 bits per heavy atom. The van der Waals surface area contributed by atoms with E-state index in [2.05, 4.69) is 40.4 Å². The maximum Gasteiger partial charge on any atom is 0.310 e. The van der Waals surface area contributed by atoms with Crippen molar-refractivity contribution in [3.63, 3.8) is 0 Å². The van der Waals surface area contributed by atoms with Crippen LogP contribution in [0.4, 0.5) is 0 Å². The average molecular weight is 216 g/mol. The largest absolute Gasteiger partial charge is 0.546 e. The summed E-state index contributed by atoms with van der Waals surface area (Å²) in [6, 6.07) is 0. The molecule has 0 spiro atoms. The van der Waals surface area contributed by atoms with Gasteiger partial charge < -0.3 is 9.53 Å². The maximum absolute atomic E-state index is 10.4. The number of carboxylic acid groups (broad SMARTS) is 1. The summed E-state index contributed by atoms with van der Waals surface area (Å²) < 4.78 is 5.68. The molecule has 0 aliphatic heterocycles. The van der Waals surface area contributed by atoms with Crippen LogP contribution in [0.5, 0.6) is 0 Å². The Balaban J connectivity index is 4.37. The molecule has 0 atom stereocenters. The molecule has 0 aromatic heterocycles. The van der Waals surface area contributed by atoms with Crippen LogP contribution in [0.1, 0.15) is 27.2 Å². The lowest BCUT2D eigenvalue weighted by molar-refractivity contribution is -0.136. The van der Waals surface area contributed by atoms with E-state index < -0.39 is 14.3 Å². The summed E-state index contributed by atoms with van der Waals surface area (Å²) in [5, 5.41) is 8.64. The summed E-state index contributed by atoms with van der Waals surface area (Å²) in [5.74, 6) is -0.530. The van der Waals surface area contributed by atoms with E-state index in [0.717, 1.165) is 0 Å². The minimum Gasteiger partial charge on any atom is -0.546 e. The summed E-state index contributed by atoms with van der Waals surface area (Å²) in [6.45, 7) is 14.1. The van der Waals surface area contributed by atoms with Gasteiger partial charge in [-0.25, -0.2) is 0 Å². The third-order valence-corrected chi connectivity index (χ3v) is 6.97. The van der Waals surface area contributed by atoms with Crippen molar-refractivity contribution in [3.05, 3.63) is 12.3 Å². The topological polar surface area (TPSA) is 46.5 Å². The Kier molecular flexibility index (Phi) is 3.94. The molecule has 0 unspecified atom stereocenters. The fourth-order valence-electron chi connectivity index (χ4n) is 0.719. The van der Waals surface area contributed by atoms with Gasteiger partial charge in [0.1, 0.15) is 6.42 Å². The van der Waals surface area contributed by atoms with Crippen LogP contribution in [0.15, 0.2) is 12.3 Å². The minimum atomic E-state index is -1.90. The Morgan fingerprint density at radius 3 is 2.14 bits per heavy atom. The van der Waals surface area contributed by atoms with Gasteiger partial charge in [0.2, 0.25) is 8.32 Å². The zero-order valence-electron chi connectivity index (χ0n) is 9.68. The smallest absolute Gasteiger partial charge is 0.310 e. The minimum absolute atomic E-state index is 0.0778. The molecule has 0 rings (SSSR count). The number of hydrogen-bond donors (Lipinski definition) is 1. The van der Waals surface area contributed by atoms with Gasteiger partial charge in [0.15, 0.2) is 0 Å². The molecule has 1 N–H and O–H groups in total. The van der Waals surface area contributed by atoms with Crippen LogP contribution >= 0.6 is 0 Å². The summed E-state index contributed by atoms with van der Waals surface area (Å²) >= 11 is 0. The van der Waals surface area contributed by atoms with Gasteiger partial charge in [-0.15, -0.1) is 0 Å². The van der Waals surface area contributed by atoms with E-state index >= 15 is 0 Å². The molecule has 3 nitrogen and oxygen atoms in total. The van der Waals surface area contributed by atoms with Gasteiger partial charge in [-0.3, -0.25) is 4.79 Å². The number of rotatable bonds is 4. The van der Waals surface area contributed by atoms with Crippen LogP contribution in [0.2, 0.25) is 18.1 Å². The van der Waals surface area contributed by atoms with Crippen molar-refractivity contribution >= 4 is 14.3 Å². The number of carboxylic acids is 1. The van der Waals surface area contributed by atoms with E-state index in [9.17, 15) is 4.79 Å². The molecule has 14 heavy (non-hydrogen) atoms. The average Bonchev–Trinajstić information content (AvgIpc) is 1.79. The van der Waals surface area contributed by atoms with Crippen LogP contribution < -0.4 is 0 Å². The lowest BCUT2D eigenvalue weighted by atomic mass is 10.2. The van der Waals surface area contributed by atoms with Gasteiger partial charge in [-0.1, -0.05) is 27.4 Å². The highest BCUT2D eigenvalue weighted by atomic mass is 28.4. The second-order valence-electron chi connectivity index (χ2n) is 4.97. The summed E-state index contributed by atoms with van der Waals surface area (Å²) in [5.41, 5.74) is 0. The second kappa shape index (κ2) is 4.17. The van der Waals surface area contributed by atoms with E-state index in [-0.39, 0.29) is 11.5 Å². The van der Waals surface area contributed by atoms with Gasteiger partial charge in [0, 0.05) is 0 Å². The third kappa shape index (κ3) is 3.96.